The number of hydrogen-bond donors (Lipinski definition) is 0. The van der Waals surface area contributed by atoms with Crippen LogP contribution >= 0.6 is 0 Å². The molecule has 1 heterocycles. The van der Waals surface area contributed by atoms with E-state index in [1.807, 2.05) is 0 Å². The number of esters is 2. The van der Waals surface area contributed by atoms with Gasteiger partial charge in [-0.3, -0.25) is 4.79 Å². The van der Waals surface area contributed by atoms with Gasteiger partial charge < -0.3 is 9.47 Å². The molecule has 0 spiro atoms. The lowest BCUT2D eigenvalue weighted by Crippen LogP contribution is -2.35. The second kappa shape index (κ2) is 5.32. The van der Waals surface area contributed by atoms with Crippen molar-refractivity contribution in [2.45, 2.75) is 58.2 Å². The van der Waals surface area contributed by atoms with Gasteiger partial charge in [-0.2, -0.15) is 0 Å². The maximum atomic E-state index is 11.9. The monoisotopic (exact) mass is 290 g/mol. The first-order chi connectivity index (χ1) is 10.0. The Kier molecular flexibility index (Phi) is 3.64. The molecule has 0 aromatic carbocycles. The number of hydrogen-bond acceptors (Lipinski definition) is 4. The van der Waals surface area contributed by atoms with Gasteiger partial charge in [0.1, 0.15) is 12.2 Å². The molecule has 2 fully saturated rings. The highest BCUT2D eigenvalue weighted by Crippen LogP contribution is 2.49. The smallest absolute Gasteiger partial charge is 0.334 e. The fourth-order valence-electron chi connectivity index (χ4n) is 3.99. The Morgan fingerprint density at radius 3 is 2.86 bits per heavy atom. The molecular formula is C17H22O4. The van der Waals surface area contributed by atoms with Crippen LogP contribution in [0.3, 0.4) is 0 Å². The van der Waals surface area contributed by atoms with Crippen molar-refractivity contribution in [2.75, 3.05) is 0 Å². The van der Waals surface area contributed by atoms with E-state index in [0.717, 1.165) is 25.7 Å². The third-order valence-corrected chi connectivity index (χ3v) is 5.15. The van der Waals surface area contributed by atoms with Crippen LogP contribution in [-0.2, 0) is 19.1 Å². The number of ether oxygens (including phenoxy) is 2. The molecule has 0 N–H and O–H groups in total. The van der Waals surface area contributed by atoms with Crippen molar-refractivity contribution in [3.63, 3.8) is 0 Å². The third kappa shape index (κ3) is 2.30. The summed E-state index contributed by atoms with van der Waals surface area (Å²) in [4.78, 5) is 23.5. The molecule has 1 aliphatic heterocycles. The van der Waals surface area contributed by atoms with Crippen LogP contribution in [0.25, 0.3) is 0 Å². The van der Waals surface area contributed by atoms with E-state index in [2.05, 4.69) is 13.5 Å². The van der Waals surface area contributed by atoms with E-state index in [9.17, 15) is 9.59 Å². The van der Waals surface area contributed by atoms with E-state index >= 15 is 0 Å². The van der Waals surface area contributed by atoms with Crippen molar-refractivity contribution in [1.82, 2.24) is 0 Å². The van der Waals surface area contributed by atoms with Gasteiger partial charge in [0.05, 0.1) is 5.92 Å². The zero-order valence-electron chi connectivity index (χ0n) is 12.7. The topological polar surface area (TPSA) is 52.6 Å². The quantitative estimate of drug-likeness (QED) is 0.446. The van der Waals surface area contributed by atoms with Gasteiger partial charge in [0.2, 0.25) is 0 Å². The van der Waals surface area contributed by atoms with Gasteiger partial charge in [-0.1, -0.05) is 24.6 Å². The summed E-state index contributed by atoms with van der Waals surface area (Å²) in [7, 11) is 0. The van der Waals surface area contributed by atoms with Crippen LogP contribution in [0.15, 0.2) is 23.3 Å². The Balaban J connectivity index is 1.92. The number of carbonyl (C=O) groups excluding carboxylic acids is 2. The number of fused-ring (bicyclic) bond motifs is 3. The molecule has 4 atom stereocenters. The molecule has 4 nitrogen and oxygen atoms in total. The summed E-state index contributed by atoms with van der Waals surface area (Å²) in [5, 5.41) is 0. The SMILES string of the molecule is C=C1C(=O)OC2C1CCC(C)=C1CCC(OC(=O)CC)C12. The summed E-state index contributed by atoms with van der Waals surface area (Å²) in [5.41, 5.74) is 3.29. The molecule has 114 valence electrons. The van der Waals surface area contributed by atoms with Crippen molar-refractivity contribution < 1.29 is 19.1 Å². The number of carbonyl (C=O) groups is 2. The fourth-order valence-corrected chi connectivity index (χ4v) is 3.99. The van der Waals surface area contributed by atoms with Gasteiger partial charge in [0.25, 0.3) is 0 Å². The van der Waals surface area contributed by atoms with E-state index in [-0.39, 0.29) is 36.0 Å². The Labute approximate surface area is 125 Å². The standard InChI is InChI=1S/C17H22O4/c1-4-14(18)20-13-8-7-11-9(2)5-6-12-10(3)17(19)21-16(12)15(11)13/h12-13,15-16H,3-8H2,1-2H3. The van der Waals surface area contributed by atoms with Gasteiger partial charge in [-0.05, 0) is 32.6 Å². The first-order valence-corrected chi connectivity index (χ1v) is 7.80. The summed E-state index contributed by atoms with van der Waals surface area (Å²) in [6, 6.07) is 0. The highest BCUT2D eigenvalue weighted by atomic mass is 16.6. The summed E-state index contributed by atoms with van der Waals surface area (Å²) in [5.74, 6) is -0.369. The van der Waals surface area contributed by atoms with Gasteiger partial charge in [0.15, 0.2) is 0 Å². The molecule has 0 aromatic heterocycles. The fraction of sp³-hybridized carbons (Fsp3) is 0.647. The number of rotatable bonds is 2. The minimum absolute atomic E-state index is 0.0243. The Morgan fingerprint density at radius 2 is 2.14 bits per heavy atom. The molecule has 4 unspecified atom stereocenters. The molecule has 3 aliphatic rings. The lowest BCUT2D eigenvalue weighted by Gasteiger charge is -2.27. The van der Waals surface area contributed by atoms with Crippen LogP contribution in [0, 0.1) is 11.8 Å². The molecule has 21 heavy (non-hydrogen) atoms. The summed E-state index contributed by atoms with van der Waals surface area (Å²) < 4.78 is 11.2. The first-order valence-electron chi connectivity index (χ1n) is 7.80. The van der Waals surface area contributed by atoms with E-state index in [1.165, 1.54) is 11.1 Å². The van der Waals surface area contributed by atoms with Crippen LogP contribution in [-0.4, -0.2) is 24.1 Å². The minimum atomic E-state index is -0.281. The summed E-state index contributed by atoms with van der Waals surface area (Å²) in [6.07, 6.45) is 3.65. The molecule has 3 rings (SSSR count). The molecule has 0 radical (unpaired) electrons. The van der Waals surface area contributed by atoms with E-state index in [1.54, 1.807) is 6.92 Å². The molecule has 2 aliphatic carbocycles. The van der Waals surface area contributed by atoms with E-state index in [0.29, 0.717) is 12.0 Å². The Bertz CT molecular complexity index is 531. The normalized spacial score (nSPS) is 35.1. The Hall–Kier alpha value is -1.58. The molecule has 4 heteroatoms. The summed E-state index contributed by atoms with van der Waals surface area (Å²) >= 11 is 0. The van der Waals surface area contributed by atoms with Crippen LogP contribution in [0.2, 0.25) is 0 Å². The van der Waals surface area contributed by atoms with E-state index < -0.39 is 0 Å². The highest BCUT2D eigenvalue weighted by molar-refractivity contribution is 5.91. The van der Waals surface area contributed by atoms with Gasteiger partial charge in [-0.25, -0.2) is 4.79 Å². The third-order valence-electron chi connectivity index (χ3n) is 5.15. The average Bonchev–Trinajstić information content (AvgIpc) is 2.95. The predicted octanol–water partition coefficient (Wildman–Crippen LogP) is 2.93. The Morgan fingerprint density at radius 1 is 1.38 bits per heavy atom. The maximum absolute atomic E-state index is 11.9. The zero-order chi connectivity index (χ0) is 15.1. The molecule has 1 saturated heterocycles. The first kappa shape index (κ1) is 14.4. The predicted molar refractivity (Wildman–Crippen MR) is 77.3 cm³/mol. The zero-order valence-corrected chi connectivity index (χ0v) is 12.7. The molecule has 0 aromatic rings. The van der Waals surface area contributed by atoms with Crippen LogP contribution in [0.1, 0.15) is 46.0 Å². The largest absolute Gasteiger partial charge is 0.462 e. The molecule has 0 amide bonds. The van der Waals surface area contributed by atoms with E-state index in [4.69, 9.17) is 9.47 Å². The maximum Gasteiger partial charge on any atom is 0.334 e. The average molecular weight is 290 g/mol. The number of allylic oxidation sites excluding steroid dienone is 1. The van der Waals surface area contributed by atoms with Crippen LogP contribution in [0.4, 0.5) is 0 Å². The van der Waals surface area contributed by atoms with Crippen molar-refractivity contribution in [1.29, 1.82) is 0 Å². The molecular weight excluding hydrogens is 268 g/mol. The van der Waals surface area contributed by atoms with Crippen molar-refractivity contribution in [2.24, 2.45) is 11.8 Å². The van der Waals surface area contributed by atoms with Crippen molar-refractivity contribution in [3.05, 3.63) is 23.3 Å². The van der Waals surface area contributed by atoms with Crippen LogP contribution < -0.4 is 0 Å². The highest BCUT2D eigenvalue weighted by Gasteiger charge is 2.51. The minimum Gasteiger partial charge on any atom is -0.462 e. The van der Waals surface area contributed by atoms with Crippen molar-refractivity contribution >= 4 is 11.9 Å². The molecule has 0 bridgehead atoms. The second-order valence-electron chi connectivity index (χ2n) is 6.29. The lowest BCUT2D eigenvalue weighted by atomic mass is 9.84. The molecule has 1 saturated carbocycles. The van der Waals surface area contributed by atoms with Gasteiger partial charge in [-0.15, -0.1) is 0 Å². The van der Waals surface area contributed by atoms with Crippen molar-refractivity contribution in [3.8, 4) is 0 Å². The lowest BCUT2D eigenvalue weighted by molar-refractivity contribution is -0.154. The van der Waals surface area contributed by atoms with Gasteiger partial charge in [0, 0.05) is 17.9 Å². The van der Waals surface area contributed by atoms with Gasteiger partial charge >= 0.3 is 11.9 Å². The second-order valence-corrected chi connectivity index (χ2v) is 6.29. The van der Waals surface area contributed by atoms with Crippen LogP contribution in [0.5, 0.6) is 0 Å². The summed E-state index contributed by atoms with van der Waals surface area (Å²) in [6.45, 7) is 7.85.